The van der Waals surface area contributed by atoms with Gasteiger partial charge in [-0.25, -0.2) is 4.98 Å². The van der Waals surface area contributed by atoms with Crippen LogP contribution in [0.3, 0.4) is 0 Å². The third-order valence-corrected chi connectivity index (χ3v) is 3.12. The number of aromatic nitrogens is 2. The van der Waals surface area contributed by atoms with Gasteiger partial charge >= 0.3 is 0 Å². The van der Waals surface area contributed by atoms with Crippen molar-refractivity contribution in [1.82, 2.24) is 9.97 Å². The van der Waals surface area contributed by atoms with Crippen molar-refractivity contribution in [3.8, 4) is 0 Å². The molecule has 6 heteroatoms. The molecule has 0 aliphatic carbocycles. The summed E-state index contributed by atoms with van der Waals surface area (Å²) < 4.78 is 0. The van der Waals surface area contributed by atoms with Crippen molar-refractivity contribution in [3.05, 3.63) is 21.7 Å². The van der Waals surface area contributed by atoms with E-state index in [1.165, 1.54) is 6.33 Å². The van der Waals surface area contributed by atoms with Gasteiger partial charge in [0.05, 0.1) is 6.33 Å². The van der Waals surface area contributed by atoms with Crippen LogP contribution in [0.4, 0.5) is 5.82 Å². The number of halogens is 1. The zero-order valence-electron chi connectivity index (χ0n) is 8.71. The van der Waals surface area contributed by atoms with Gasteiger partial charge in [0.15, 0.2) is 5.82 Å². The minimum atomic E-state index is -0.313. The number of hydrogen-bond acceptors (Lipinski definition) is 4. The first-order valence-electron chi connectivity index (χ1n) is 4.61. The lowest BCUT2D eigenvalue weighted by Crippen LogP contribution is -2.17. The third kappa shape index (κ3) is 3.76. The number of thioether (sulfide) groups is 1. The van der Waals surface area contributed by atoms with Crippen molar-refractivity contribution in [2.45, 2.75) is 6.92 Å². The van der Waals surface area contributed by atoms with Crippen molar-refractivity contribution in [3.63, 3.8) is 0 Å². The van der Waals surface area contributed by atoms with E-state index >= 15 is 0 Å². The van der Waals surface area contributed by atoms with Gasteiger partial charge in [0.1, 0.15) is 5.02 Å². The second-order valence-electron chi connectivity index (χ2n) is 3.34. The molecule has 0 aliphatic heterocycles. The van der Waals surface area contributed by atoms with Crippen LogP contribution in [-0.2, 0) is 0 Å². The SMILES string of the molecule is CSCC(C)CNc1nc[nH]c(=O)c1Cl. The zero-order chi connectivity index (χ0) is 11.3. The fourth-order valence-corrected chi connectivity index (χ4v) is 1.98. The molecule has 0 aromatic carbocycles. The Labute approximate surface area is 97.8 Å². The van der Waals surface area contributed by atoms with Gasteiger partial charge in [0, 0.05) is 6.54 Å². The van der Waals surface area contributed by atoms with Crippen molar-refractivity contribution in [1.29, 1.82) is 0 Å². The molecule has 0 fully saturated rings. The zero-order valence-corrected chi connectivity index (χ0v) is 10.3. The fraction of sp³-hybridized carbons (Fsp3) is 0.556. The van der Waals surface area contributed by atoms with Gasteiger partial charge in [-0.1, -0.05) is 18.5 Å². The molecule has 0 saturated carbocycles. The molecule has 0 bridgehead atoms. The first-order chi connectivity index (χ1) is 7.15. The Morgan fingerprint density at radius 2 is 2.47 bits per heavy atom. The predicted molar refractivity (Wildman–Crippen MR) is 65.9 cm³/mol. The Balaban J connectivity index is 2.58. The van der Waals surface area contributed by atoms with Crippen LogP contribution in [0.1, 0.15) is 6.92 Å². The van der Waals surface area contributed by atoms with E-state index in [9.17, 15) is 4.79 Å². The van der Waals surface area contributed by atoms with Crippen LogP contribution in [0.2, 0.25) is 5.02 Å². The van der Waals surface area contributed by atoms with Crippen LogP contribution >= 0.6 is 23.4 Å². The summed E-state index contributed by atoms with van der Waals surface area (Å²) >= 11 is 7.57. The second-order valence-corrected chi connectivity index (χ2v) is 4.62. The fourth-order valence-electron chi connectivity index (χ4n) is 1.12. The maximum absolute atomic E-state index is 11.1. The summed E-state index contributed by atoms with van der Waals surface area (Å²) in [6.07, 6.45) is 3.41. The lowest BCUT2D eigenvalue weighted by molar-refractivity contribution is 0.699. The van der Waals surface area contributed by atoms with Gasteiger partial charge < -0.3 is 10.3 Å². The molecule has 0 saturated heterocycles. The number of nitrogens with one attached hydrogen (secondary N) is 2. The summed E-state index contributed by atoms with van der Waals surface area (Å²) in [5, 5.41) is 3.18. The Hall–Kier alpha value is -0.680. The van der Waals surface area contributed by atoms with Crippen LogP contribution in [0, 0.1) is 5.92 Å². The molecule has 1 aromatic rings. The highest BCUT2D eigenvalue weighted by molar-refractivity contribution is 7.98. The maximum Gasteiger partial charge on any atom is 0.271 e. The largest absolute Gasteiger partial charge is 0.368 e. The molecule has 15 heavy (non-hydrogen) atoms. The minimum absolute atomic E-state index is 0.119. The Kier molecular flexibility index (Phi) is 4.98. The second kappa shape index (κ2) is 6.02. The van der Waals surface area contributed by atoms with Crippen LogP contribution in [0.15, 0.2) is 11.1 Å². The summed E-state index contributed by atoms with van der Waals surface area (Å²) in [5.74, 6) is 2.03. The normalized spacial score (nSPS) is 12.5. The number of anilines is 1. The lowest BCUT2D eigenvalue weighted by atomic mass is 10.2. The van der Waals surface area contributed by atoms with Gasteiger partial charge in [0.2, 0.25) is 0 Å². The van der Waals surface area contributed by atoms with Crippen LogP contribution < -0.4 is 10.9 Å². The summed E-state index contributed by atoms with van der Waals surface area (Å²) in [6.45, 7) is 2.89. The van der Waals surface area contributed by atoms with Crippen LogP contribution in [0.25, 0.3) is 0 Å². The maximum atomic E-state index is 11.1. The molecular formula is C9H14ClN3OS. The van der Waals surface area contributed by atoms with E-state index in [4.69, 9.17) is 11.6 Å². The topological polar surface area (TPSA) is 57.8 Å². The number of nitrogens with zero attached hydrogens (tertiary/aromatic N) is 1. The number of H-pyrrole nitrogens is 1. The van der Waals surface area contributed by atoms with Crippen molar-refractivity contribution in [2.24, 2.45) is 5.92 Å². The summed E-state index contributed by atoms with van der Waals surface area (Å²) in [6, 6.07) is 0. The van der Waals surface area contributed by atoms with Crippen LogP contribution in [0.5, 0.6) is 0 Å². The van der Waals surface area contributed by atoms with E-state index in [1.807, 2.05) is 0 Å². The number of hydrogen-bond donors (Lipinski definition) is 2. The highest BCUT2D eigenvalue weighted by atomic mass is 35.5. The van der Waals surface area contributed by atoms with Gasteiger partial charge in [-0.05, 0) is 17.9 Å². The monoisotopic (exact) mass is 247 g/mol. The van der Waals surface area contributed by atoms with Crippen molar-refractivity contribution >= 4 is 29.2 Å². The first-order valence-corrected chi connectivity index (χ1v) is 6.38. The average molecular weight is 248 g/mol. The first kappa shape index (κ1) is 12.4. The van der Waals surface area contributed by atoms with E-state index in [0.717, 1.165) is 12.3 Å². The van der Waals surface area contributed by atoms with E-state index in [1.54, 1.807) is 11.8 Å². The molecule has 84 valence electrons. The quantitative estimate of drug-likeness (QED) is 0.834. The highest BCUT2D eigenvalue weighted by Gasteiger charge is 2.06. The molecule has 1 atom stereocenters. The predicted octanol–water partition coefficient (Wildman–Crippen LogP) is 1.83. The smallest absolute Gasteiger partial charge is 0.271 e. The molecule has 0 aliphatic rings. The number of rotatable bonds is 5. The summed E-state index contributed by atoms with van der Waals surface area (Å²) in [5.41, 5.74) is -0.313. The molecule has 0 spiro atoms. The van der Waals surface area contributed by atoms with E-state index in [2.05, 4.69) is 28.5 Å². The minimum Gasteiger partial charge on any atom is -0.368 e. The molecule has 0 amide bonds. The van der Waals surface area contributed by atoms with E-state index in [0.29, 0.717) is 11.7 Å². The summed E-state index contributed by atoms with van der Waals surface area (Å²) in [7, 11) is 0. The Morgan fingerprint density at radius 1 is 1.73 bits per heavy atom. The molecule has 1 heterocycles. The standard InChI is InChI=1S/C9H14ClN3OS/c1-6(4-15-2)3-11-8-7(10)9(14)13-5-12-8/h5-6H,3-4H2,1-2H3,(H2,11,12,13,14). The van der Waals surface area contributed by atoms with Gasteiger partial charge in [-0.15, -0.1) is 0 Å². The molecule has 1 unspecified atom stereocenters. The molecule has 1 aromatic heterocycles. The molecule has 1 rings (SSSR count). The van der Waals surface area contributed by atoms with Gasteiger partial charge in [-0.3, -0.25) is 4.79 Å². The van der Waals surface area contributed by atoms with Gasteiger partial charge in [0.25, 0.3) is 5.56 Å². The molecule has 0 radical (unpaired) electrons. The van der Waals surface area contributed by atoms with Crippen LogP contribution in [-0.4, -0.2) is 28.5 Å². The van der Waals surface area contributed by atoms with Crippen molar-refractivity contribution in [2.75, 3.05) is 23.9 Å². The highest BCUT2D eigenvalue weighted by Crippen LogP contribution is 2.13. The Bertz CT molecular complexity index is 369. The van der Waals surface area contributed by atoms with Crippen molar-refractivity contribution < 1.29 is 0 Å². The molecular weight excluding hydrogens is 234 g/mol. The average Bonchev–Trinajstić information content (AvgIpc) is 2.21. The lowest BCUT2D eigenvalue weighted by Gasteiger charge is -2.11. The Morgan fingerprint density at radius 3 is 3.13 bits per heavy atom. The summed E-state index contributed by atoms with van der Waals surface area (Å²) in [4.78, 5) is 17.5. The molecule has 2 N–H and O–H groups in total. The van der Waals surface area contributed by atoms with E-state index in [-0.39, 0.29) is 10.6 Å². The molecule has 4 nitrogen and oxygen atoms in total. The van der Waals surface area contributed by atoms with E-state index < -0.39 is 0 Å². The number of aromatic amines is 1. The van der Waals surface area contributed by atoms with Gasteiger partial charge in [-0.2, -0.15) is 11.8 Å². The third-order valence-electron chi connectivity index (χ3n) is 1.87.